The van der Waals surface area contributed by atoms with Crippen LogP contribution in [0.25, 0.3) is 0 Å². The number of hydrogen-bond acceptors (Lipinski definition) is 5. The second-order valence-corrected chi connectivity index (χ2v) is 6.80. The van der Waals surface area contributed by atoms with Crippen LogP contribution in [0.3, 0.4) is 0 Å². The molecule has 8 heteroatoms. The molecule has 0 N–H and O–H groups in total. The van der Waals surface area contributed by atoms with Crippen LogP contribution in [-0.2, 0) is 10.0 Å². The van der Waals surface area contributed by atoms with Crippen molar-refractivity contribution < 1.29 is 22.1 Å². The lowest BCUT2D eigenvalue weighted by Gasteiger charge is -2.17. The molecule has 0 fully saturated rings. The Morgan fingerprint density at radius 3 is 2.41 bits per heavy atom. The molecule has 0 bridgehead atoms. The van der Waals surface area contributed by atoms with E-state index in [0.29, 0.717) is 9.87 Å². The summed E-state index contributed by atoms with van der Waals surface area (Å²) in [7, 11) is -3.01. The number of amides is 1. The van der Waals surface area contributed by atoms with Crippen LogP contribution in [-0.4, -0.2) is 30.8 Å². The molecule has 0 saturated heterocycles. The lowest BCUT2D eigenvalue weighted by molar-refractivity contribution is 0.0882. The van der Waals surface area contributed by atoms with Crippen LogP contribution in [0.1, 0.15) is 27.4 Å². The molecule has 0 spiro atoms. The van der Waals surface area contributed by atoms with E-state index in [9.17, 15) is 17.6 Å². The van der Waals surface area contributed by atoms with Gasteiger partial charge in [-0.3, -0.25) is 4.79 Å². The first kappa shape index (κ1) is 16.2. The summed E-state index contributed by atoms with van der Waals surface area (Å²) in [6, 6.07) is 3.80. The highest BCUT2D eigenvalue weighted by atomic mass is 32.2. The van der Waals surface area contributed by atoms with Crippen LogP contribution in [0.2, 0.25) is 0 Å². The number of aromatic nitrogens is 1. The zero-order valence-corrected chi connectivity index (χ0v) is 13.4. The first-order chi connectivity index (χ1) is 10.2. The highest BCUT2D eigenvalue weighted by Gasteiger charge is 2.32. The third-order valence-corrected chi connectivity index (χ3v) is 5.28. The Morgan fingerprint density at radius 1 is 1.27 bits per heavy atom. The van der Waals surface area contributed by atoms with Crippen LogP contribution in [0, 0.1) is 26.6 Å². The zero-order chi connectivity index (χ0) is 16.7. The van der Waals surface area contributed by atoms with Crippen LogP contribution in [0.15, 0.2) is 27.6 Å². The van der Waals surface area contributed by atoms with Crippen molar-refractivity contribution >= 4 is 15.9 Å². The maximum atomic E-state index is 13.6. The molecule has 2 aromatic rings. The van der Waals surface area contributed by atoms with E-state index in [0.717, 1.165) is 13.1 Å². The molecule has 6 nitrogen and oxygen atoms in total. The molecule has 0 aliphatic rings. The van der Waals surface area contributed by atoms with Gasteiger partial charge in [-0.2, -0.15) is 0 Å². The highest BCUT2D eigenvalue weighted by molar-refractivity contribution is 7.89. The molecule has 0 unspecified atom stereocenters. The lowest BCUT2D eigenvalue weighted by Crippen LogP contribution is -2.33. The minimum atomic E-state index is -4.12. The Kier molecular flexibility index (Phi) is 4.06. The number of benzene rings is 1. The quantitative estimate of drug-likeness (QED) is 0.864. The minimum Gasteiger partial charge on any atom is -0.360 e. The summed E-state index contributed by atoms with van der Waals surface area (Å²) in [5.41, 5.74) is 0.473. The van der Waals surface area contributed by atoms with Crippen molar-refractivity contribution in [3.63, 3.8) is 0 Å². The van der Waals surface area contributed by atoms with Gasteiger partial charge in [-0.05, 0) is 38.5 Å². The number of nitrogens with zero attached hydrogens (tertiary/aromatic N) is 2. The van der Waals surface area contributed by atoms with Crippen LogP contribution in [0.5, 0.6) is 0 Å². The molecule has 2 rings (SSSR count). The molecule has 1 aromatic heterocycles. The SMILES string of the molecule is Cc1ccc(C(=O)N(C)S(=O)(=O)c2c(C)noc2C)cc1F. The van der Waals surface area contributed by atoms with Crippen molar-refractivity contribution in [2.75, 3.05) is 7.05 Å². The van der Waals surface area contributed by atoms with Crippen molar-refractivity contribution in [3.8, 4) is 0 Å². The summed E-state index contributed by atoms with van der Waals surface area (Å²) in [4.78, 5) is 12.1. The van der Waals surface area contributed by atoms with Gasteiger partial charge in [-0.25, -0.2) is 17.1 Å². The standard InChI is InChI=1S/C14H15FN2O4S/c1-8-5-6-11(7-12(8)15)14(18)17(4)22(19,20)13-9(2)16-21-10(13)3/h5-7H,1-4H3. The van der Waals surface area contributed by atoms with Gasteiger partial charge in [-0.15, -0.1) is 0 Å². The summed E-state index contributed by atoms with van der Waals surface area (Å²) >= 11 is 0. The summed E-state index contributed by atoms with van der Waals surface area (Å²) in [5, 5.41) is 3.57. The van der Waals surface area contributed by atoms with Crippen LogP contribution >= 0.6 is 0 Å². The first-order valence-electron chi connectivity index (χ1n) is 6.38. The predicted octanol–water partition coefficient (Wildman–Crippen LogP) is 2.20. The summed E-state index contributed by atoms with van der Waals surface area (Å²) in [6.07, 6.45) is 0. The fourth-order valence-electron chi connectivity index (χ4n) is 2.00. The van der Waals surface area contributed by atoms with Gasteiger partial charge >= 0.3 is 0 Å². The van der Waals surface area contributed by atoms with Gasteiger partial charge in [0.15, 0.2) is 10.7 Å². The fraction of sp³-hybridized carbons (Fsp3) is 0.286. The van der Waals surface area contributed by atoms with Gasteiger partial charge < -0.3 is 4.52 Å². The fourth-order valence-corrected chi connectivity index (χ4v) is 3.41. The largest absolute Gasteiger partial charge is 0.360 e. The maximum absolute atomic E-state index is 13.6. The second-order valence-electron chi connectivity index (χ2n) is 4.89. The van der Waals surface area contributed by atoms with Crippen LogP contribution < -0.4 is 0 Å². The van der Waals surface area contributed by atoms with Gasteiger partial charge in [0.2, 0.25) is 0 Å². The monoisotopic (exact) mass is 326 g/mol. The van der Waals surface area contributed by atoms with E-state index in [1.54, 1.807) is 6.92 Å². The molecule has 0 saturated carbocycles. The normalized spacial score (nSPS) is 11.5. The molecule has 0 aliphatic heterocycles. The molecule has 0 radical (unpaired) electrons. The molecule has 1 amide bonds. The lowest BCUT2D eigenvalue weighted by atomic mass is 10.1. The van der Waals surface area contributed by atoms with E-state index in [1.165, 1.54) is 26.0 Å². The van der Waals surface area contributed by atoms with Gasteiger partial charge in [0.05, 0.1) is 0 Å². The van der Waals surface area contributed by atoms with E-state index in [2.05, 4.69) is 5.16 Å². The second kappa shape index (κ2) is 5.53. The molecule has 22 heavy (non-hydrogen) atoms. The smallest absolute Gasteiger partial charge is 0.271 e. The third kappa shape index (κ3) is 2.61. The molecule has 0 atom stereocenters. The van der Waals surface area contributed by atoms with Gasteiger partial charge in [0, 0.05) is 12.6 Å². The van der Waals surface area contributed by atoms with Crippen molar-refractivity contribution in [1.29, 1.82) is 0 Å². The van der Waals surface area contributed by atoms with Gasteiger partial charge in [-0.1, -0.05) is 11.2 Å². The number of carbonyl (C=O) groups excluding carboxylic acids is 1. The first-order valence-corrected chi connectivity index (χ1v) is 7.82. The number of carbonyl (C=O) groups is 1. The van der Waals surface area contributed by atoms with Crippen LogP contribution in [0.4, 0.5) is 4.39 Å². The zero-order valence-electron chi connectivity index (χ0n) is 12.5. The third-order valence-electron chi connectivity index (χ3n) is 3.29. The number of halogens is 1. The molecular weight excluding hydrogens is 311 g/mol. The van der Waals surface area contributed by atoms with Gasteiger partial charge in [0.25, 0.3) is 15.9 Å². The van der Waals surface area contributed by atoms with Gasteiger partial charge in [0.1, 0.15) is 11.5 Å². The molecule has 1 heterocycles. The average molecular weight is 326 g/mol. The van der Waals surface area contributed by atoms with Crippen molar-refractivity contribution in [3.05, 3.63) is 46.6 Å². The number of sulfonamides is 1. The van der Waals surface area contributed by atoms with E-state index in [4.69, 9.17) is 4.52 Å². The van der Waals surface area contributed by atoms with E-state index >= 15 is 0 Å². The van der Waals surface area contributed by atoms with E-state index < -0.39 is 21.7 Å². The summed E-state index contributed by atoms with van der Waals surface area (Å²) < 4.78 is 44.0. The van der Waals surface area contributed by atoms with E-state index in [-0.39, 0.29) is 21.9 Å². The average Bonchev–Trinajstić information content (AvgIpc) is 2.80. The van der Waals surface area contributed by atoms with Crippen molar-refractivity contribution in [2.45, 2.75) is 25.7 Å². The topological polar surface area (TPSA) is 80.5 Å². The number of rotatable bonds is 3. The molecular formula is C14H15FN2O4S. The number of hydrogen-bond donors (Lipinski definition) is 0. The summed E-state index contributed by atoms with van der Waals surface area (Å²) in [5.74, 6) is -1.32. The van der Waals surface area contributed by atoms with Crippen molar-refractivity contribution in [1.82, 2.24) is 9.46 Å². The Labute approximate surface area is 127 Å². The summed E-state index contributed by atoms with van der Waals surface area (Å²) in [6.45, 7) is 4.46. The Morgan fingerprint density at radius 2 is 1.91 bits per heavy atom. The number of aryl methyl sites for hydroxylation is 3. The molecule has 1 aromatic carbocycles. The van der Waals surface area contributed by atoms with Crippen molar-refractivity contribution in [2.24, 2.45) is 0 Å². The Hall–Kier alpha value is -2.22. The highest BCUT2D eigenvalue weighted by Crippen LogP contribution is 2.24. The van der Waals surface area contributed by atoms with E-state index in [1.807, 2.05) is 0 Å². The predicted molar refractivity (Wildman–Crippen MR) is 76.4 cm³/mol. The minimum absolute atomic E-state index is 0.0547. The Bertz CT molecular complexity index is 823. The molecule has 0 aliphatic carbocycles. The molecule has 118 valence electrons. The maximum Gasteiger partial charge on any atom is 0.271 e. The Balaban J connectivity index is 2.44.